The van der Waals surface area contributed by atoms with Crippen LogP contribution in [0.5, 0.6) is 0 Å². The van der Waals surface area contributed by atoms with E-state index >= 15 is 4.39 Å². The molecule has 0 aromatic heterocycles. The summed E-state index contributed by atoms with van der Waals surface area (Å²) in [6, 6.07) is 22.0. The summed E-state index contributed by atoms with van der Waals surface area (Å²) in [4.78, 5) is 0. The van der Waals surface area contributed by atoms with Crippen molar-refractivity contribution >= 4 is 10.8 Å². The first-order valence-electron chi connectivity index (χ1n) is 11.4. The van der Waals surface area contributed by atoms with Crippen molar-refractivity contribution < 1.29 is 17.6 Å². The predicted octanol–water partition coefficient (Wildman–Crippen LogP) is 8.80. The van der Waals surface area contributed by atoms with Crippen molar-refractivity contribution in [2.24, 2.45) is 0 Å². The normalized spacial score (nSPS) is 11.3. The van der Waals surface area contributed by atoms with E-state index < -0.39 is 17.6 Å². The van der Waals surface area contributed by atoms with Gasteiger partial charge in [-0.05, 0) is 71.3 Å². The van der Waals surface area contributed by atoms with E-state index in [2.05, 4.69) is 43.0 Å². The SMILES string of the molecule is CCCCCc1ccc(-c2ccc3c(F)c(C#Cc4ccc(C(F)(F)F)cc4)ccc3c2)cc1. The lowest BCUT2D eigenvalue weighted by Gasteiger charge is -2.08. The van der Waals surface area contributed by atoms with Gasteiger partial charge in [-0.25, -0.2) is 4.39 Å². The minimum absolute atomic E-state index is 0.205. The predicted molar refractivity (Wildman–Crippen MR) is 130 cm³/mol. The molecule has 0 aliphatic rings. The number of unbranched alkanes of at least 4 members (excludes halogenated alkanes) is 2. The van der Waals surface area contributed by atoms with Crippen LogP contribution in [0.2, 0.25) is 0 Å². The second kappa shape index (κ2) is 10.1. The van der Waals surface area contributed by atoms with Gasteiger partial charge < -0.3 is 0 Å². The van der Waals surface area contributed by atoms with Crippen LogP contribution in [0.15, 0.2) is 78.9 Å². The van der Waals surface area contributed by atoms with Gasteiger partial charge in [-0.2, -0.15) is 13.2 Å². The minimum atomic E-state index is -4.40. The van der Waals surface area contributed by atoms with Crippen molar-refractivity contribution in [2.75, 3.05) is 0 Å². The summed E-state index contributed by atoms with van der Waals surface area (Å²) in [6.07, 6.45) is 0.303. The summed E-state index contributed by atoms with van der Waals surface area (Å²) in [6.45, 7) is 2.19. The largest absolute Gasteiger partial charge is 0.416 e. The molecule has 0 unspecified atom stereocenters. The maximum atomic E-state index is 15.1. The number of halogens is 4. The Morgan fingerprint density at radius 1 is 0.735 bits per heavy atom. The van der Waals surface area contributed by atoms with E-state index in [1.54, 1.807) is 12.1 Å². The molecule has 0 atom stereocenters. The topological polar surface area (TPSA) is 0 Å². The van der Waals surface area contributed by atoms with Gasteiger partial charge >= 0.3 is 6.18 Å². The molecule has 0 aliphatic heterocycles. The first-order chi connectivity index (χ1) is 16.3. The average Bonchev–Trinajstić information content (AvgIpc) is 2.84. The van der Waals surface area contributed by atoms with Crippen LogP contribution in [0.3, 0.4) is 0 Å². The fourth-order valence-corrected chi connectivity index (χ4v) is 3.89. The molecule has 4 aromatic carbocycles. The third-order valence-electron chi connectivity index (χ3n) is 5.86. The monoisotopic (exact) mass is 460 g/mol. The zero-order chi connectivity index (χ0) is 24.1. The van der Waals surface area contributed by atoms with Gasteiger partial charge in [-0.15, -0.1) is 0 Å². The highest BCUT2D eigenvalue weighted by atomic mass is 19.4. The van der Waals surface area contributed by atoms with Gasteiger partial charge in [0.25, 0.3) is 0 Å². The highest BCUT2D eigenvalue weighted by molar-refractivity contribution is 5.89. The molecule has 0 radical (unpaired) electrons. The van der Waals surface area contributed by atoms with Gasteiger partial charge in [0.1, 0.15) is 5.82 Å². The van der Waals surface area contributed by atoms with Gasteiger partial charge in [-0.3, -0.25) is 0 Å². The van der Waals surface area contributed by atoms with E-state index in [1.165, 1.54) is 37.0 Å². The molecule has 0 saturated carbocycles. The van der Waals surface area contributed by atoms with Crippen molar-refractivity contribution in [2.45, 2.75) is 38.8 Å². The van der Waals surface area contributed by atoms with Crippen LogP contribution in [-0.2, 0) is 12.6 Å². The molecule has 0 bridgehead atoms. The van der Waals surface area contributed by atoms with E-state index in [0.717, 1.165) is 35.1 Å². The summed E-state index contributed by atoms with van der Waals surface area (Å²) < 4.78 is 53.2. The lowest BCUT2D eigenvalue weighted by Crippen LogP contribution is -2.04. The molecular weight excluding hydrogens is 436 g/mol. The van der Waals surface area contributed by atoms with Crippen molar-refractivity contribution in [1.29, 1.82) is 0 Å². The molecule has 4 rings (SSSR count). The number of fused-ring (bicyclic) bond motifs is 1. The molecule has 34 heavy (non-hydrogen) atoms. The Balaban J connectivity index is 1.55. The summed E-state index contributed by atoms with van der Waals surface area (Å²) in [5, 5.41) is 1.22. The molecule has 172 valence electrons. The maximum Gasteiger partial charge on any atom is 0.416 e. The highest BCUT2D eigenvalue weighted by Crippen LogP contribution is 2.30. The van der Waals surface area contributed by atoms with Crippen LogP contribution in [0.25, 0.3) is 21.9 Å². The fourth-order valence-electron chi connectivity index (χ4n) is 3.89. The van der Waals surface area contributed by atoms with Crippen molar-refractivity contribution in [3.05, 3.63) is 107 Å². The van der Waals surface area contributed by atoms with Crippen molar-refractivity contribution in [1.82, 2.24) is 0 Å². The van der Waals surface area contributed by atoms with Gasteiger partial charge in [0.2, 0.25) is 0 Å². The average molecular weight is 461 g/mol. The maximum absolute atomic E-state index is 15.1. The zero-order valence-corrected chi connectivity index (χ0v) is 18.8. The fraction of sp³-hybridized carbons (Fsp3) is 0.200. The zero-order valence-electron chi connectivity index (χ0n) is 18.8. The van der Waals surface area contributed by atoms with E-state index in [-0.39, 0.29) is 5.56 Å². The lowest BCUT2D eigenvalue weighted by molar-refractivity contribution is -0.137. The molecule has 0 heterocycles. The van der Waals surface area contributed by atoms with Crippen LogP contribution in [-0.4, -0.2) is 0 Å². The Bertz CT molecular complexity index is 1340. The Hall–Kier alpha value is -3.58. The number of hydrogen-bond acceptors (Lipinski definition) is 0. The first kappa shape index (κ1) is 23.6. The van der Waals surface area contributed by atoms with Crippen LogP contribution < -0.4 is 0 Å². The smallest absolute Gasteiger partial charge is 0.205 e. The number of rotatable bonds is 5. The van der Waals surface area contributed by atoms with Crippen molar-refractivity contribution in [3.63, 3.8) is 0 Å². The Labute approximate surface area is 197 Å². The molecule has 0 amide bonds. The molecular formula is C30H24F4. The summed E-state index contributed by atoms with van der Waals surface area (Å²) >= 11 is 0. The van der Waals surface area contributed by atoms with Gasteiger partial charge in [0, 0.05) is 10.9 Å². The molecule has 4 aromatic rings. The third-order valence-corrected chi connectivity index (χ3v) is 5.86. The number of hydrogen-bond donors (Lipinski definition) is 0. The second-order valence-corrected chi connectivity index (χ2v) is 8.34. The Morgan fingerprint density at radius 2 is 1.44 bits per heavy atom. The molecule has 0 nitrogen and oxygen atoms in total. The minimum Gasteiger partial charge on any atom is -0.205 e. The lowest BCUT2D eigenvalue weighted by atomic mass is 9.98. The number of alkyl halides is 3. The Morgan fingerprint density at radius 3 is 2.12 bits per heavy atom. The van der Waals surface area contributed by atoms with Crippen LogP contribution in [0, 0.1) is 17.7 Å². The van der Waals surface area contributed by atoms with E-state index in [0.29, 0.717) is 10.9 Å². The van der Waals surface area contributed by atoms with E-state index in [9.17, 15) is 13.2 Å². The molecule has 0 saturated heterocycles. The number of aryl methyl sites for hydroxylation is 1. The van der Waals surface area contributed by atoms with Crippen LogP contribution in [0.4, 0.5) is 17.6 Å². The summed E-state index contributed by atoms with van der Waals surface area (Å²) in [7, 11) is 0. The third kappa shape index (κ3) is 5.48. The Kier molecular flexibility index (Phi) is 7.03. The van der Waals surface area contributed by atoms with Gasteiger partial charge in [-0.1, -0.05) is 74.1 Å². The standard InChI is InChI=1S/C30H24F4/c1-2-3-4-5-21-6-11-23(12-7-21)25-16-19-28-26(20-25)15-14-24(29(28)31)13-8-22-9-17-27(18-10-22)30(32,33)34/h6-7,9-12,14-20H,2-5H2,1H3. The molecule has 0 N–H and O–H groups in total. The van der Waals surface area contributed by atoms with Crippen LogP contribution >= 0.6 is 0 Å². The summed E-state index contributed by atoms with van der Waals surface area (Å²) in [5.74, 6) is 5.06. The molecule has 0 spiro atoms. The number of benzene rings is 4. The second-order valence-electron chi connectivity index (χ2n) is 8.34. The molecule has 0 fully saturated rings. The van der Waals surface area contributed by atoms with E-state index in [1.807, 2.05) is 18.2 Å². The quantitative estimate of drug-likeness (QED) is 0.159. The van der Waals surface area contributed by atoms with Crippen molar-refractivity contribution in [3.8, 4) is 23.0 Å². The van der Waals surface area contributed by atoms with Gasteiger partial charge in [0.05, 0.1) is 11.1 Å². The molecule has 0 aliphatic carbocycles. The van der Waals surface area contributed by atoms with Gasteiger partial charge in [0.15, 0.2) is 0 Å². The molecule has 4 heteroatoms. The van der Waals surface area contributed by atoms with E-state index in [4.69, 9.17) is 0 Å². The summed E-state index contributed by atoms with van der Waals surface area (Å²) in [5.41, 5.74) is 3.26. The first-order valence-corrected chi connectivity index (χ1v) is 11.4. The van der Waals surface area contributed by atoms with Crippen LogP contribution in [0.1, 0.15) is 48.4 Å². The highest BCUT2D eigenvalue weighted by Gasteiger charge is 2.29.